The average molecular weight is 655 g/mol. The number of ether oxygens (including phenoxy) is 3. The van der Waals surface area contributed by atoms with E-state index in [1.807, 2.05) is 31.7 Å². The number of sulfone groups is 1. The van der Waals surface area contributed by atoms with Crippen LogP contribution in [0.2, 0.25) is 0 Å². The van der Waals surface area contributed by atoms with E-state index in [4.69, 9.17) is 14.2 Å². The van der Waals surface area contributed by atoms with Crippen LogP contribution in [0, 0.1) is 18.7 Å². The Bertz CT molecular complexity index is 1700. The Labute approximate surface area is 268 Å². The Morgan fingerprint density at radius 1 is 1.07 bits per heavy atom. The van der Waals surface area contributed by atoms with Crippen LogP contribution in [0.15, 0.2) is 48.5 Å². The Morgan fingerprint density at radius 3 is 2.35 bits per heavy atom. The third kappa shape index (κ3) is 7.13. The summed E-state index contributed by atoms with van der Waals surface area (Å²) in [4.78, 5) is 28.6. The molecule has 2 N–H and O–H groups in total. The predicted molar refractivity (Wildman–Crippen MR) is 171 cm³/mol. The number of carbonyl (C=O) groups excluding carboxylic acids is 1. The summed E-state index contributed by atoms with van der Waals surface area (Å²) in [5, 5.41) is 13.7. The van der Waals surface area contributed by atoms with Crippen LogP contribution in [-0.4, -0.2) is 68.8 Å². The van der Waals surface area contributed by atoms with E-state index in [-0.39, 0.29) is 44.0 Å². The number of fused-ring (bicyclic) bond motifs is 1. The Balaban J connectivity index is 1.48. The zero-order chi connectivity index (χ0) is 33.2. The molecule has 46 heavy (non-hydrogen) atoms. The number of amides is 1. The lowest BCUT2D eigenvalue weighted by molar-refractivity contribution is -0.143. The SMILES string of the molecule is CCc1cc(F)cc(CC)c1NC(=O)CN1C[C@H](c2ccc3c(c2C)OCO3)C(C(=O)O)[C@@H]1c1ccc(OCCS(C)(=O)=O)cc1. The molecule has 3 aromatic carbocycles. The number of nitrogens with one attached hydrogen (secondary N) is 1. The number of anilines is 1. The van der Waals surface area contributed by atoms with Crippen molar-refractivity contribution in [1.29, 1.82) is 0 Å². The fourth-order valence-electron chi connectivity index (χ4n) is 6.51. The zero-order valence-electron chi connectivity index (χ0n) is 26.3. The van der Waals surface area contributed by atoms with Crippen LogP contribution in [0.25, 0.3) is 0 Å². The van der Waals surface area contributed by atoms with Gasteiger partial charge in [0.05, 0.1) is 18.2 Å². The third-order valence-electron chi connectivity index (χ3n) is 8.70. The molecule has 1 saturated heterocycles. The lowest BCUT2D eigenvalue weighted by atomic mass is 9.81. The van der Waals surface area contributed by atoms with E-state index >= 15 is 0 Å². The summed E-state index contributed by atoms with van der Waals surface area (Å²) < 4.78 is 54.1. The standard InChI is InChI=1S/C34H39FN2O8S/c1-5-21-15-24(35)16-22(6-2)31(21)36-29(38)18-37-17-27(26-11-12-28-33(20(26)3)45-19-44-28)30(34(39)40)32(37)23-7-9-25(10-8-23)43-13-14-46(4,41)42/h7-12,15-16,27,30,32H,5-6,13-14,17-19H2,1-4H3,(H,36,38)(H,39,40)/t27-,30?,32+/m1/s1. The molecule has 2 aliphatic heterocycles. The number of benzene rings is 3. The molecule has 2 heterocycles. The van der Waals surface area contributed by atoms with Crippen molar-refractivity contribution in [1.82, 2.24) is 4.90 Å². The van der Waals surface area contributed by atoms with E-state index in [1.165, 1.54) is 12.1 Å². The van der Waals surface area contributed by atoms with Crippen LogP contribution in [0.1, 0.15) is 53.6 Å². The number of aryl methyl sites for hydroxylation is 2. The number of rotatable bonds is 12. The molecule has 5 rings (SSSR count). The molecule has 10 nitrogen and oxygen atoms in total. The largest absolute Gasteiger partial charge is 0.493 e. The molecule has 12 heteroatoms. The lowest BCUT2D eigenvalue weighted by Gasteiger charge is -2.27. The van der Waals surface area contributed by atoms with Crippen molar-refractivity contribution in [2.45, 2.75) is 45.6 Å². The molecule has 0 aromatic heterocycles. The van der Waals surface area contributed by atoms with E-state index in [0.717, 1.165) is 17.4 Å². The van der Waals surface area contributed by atoms with Gasteiger partial charge in [0.1, 0.15) is 18.2 Å². The maximum atomic E-state index is 14.2. The van der Waals surface area contributed by atoms with Gasteiger partial charge in [0.15, 0.2) is 21.3 Å². The second-order valence-electron chi connectivity index (χ2n) is 11.8. The first-order valence-corrected chi connectivity index (χ1v) is 17.3. The molecule has 0 bridgehead atoms. The highest BCUT2D eigenvalue weighted by Crippen LogP contribution is 2.49. The van der Waals surface area contributed by atoms with E-state index in [2.05, 4.69) is 5.32 Å². The number of likely N-dealkylation sites (tertiary alicyclic amines) is 1. The van der Waals surface area contributed by atoms with Crippen molar-refractivity contribution in [2.24, 2.45) is 5.92 Å². The smallest absolute Gasteiger partial charge is 0.309 e. The number of hydrogen-bond acceptors (Lipinski definition) is 8. The van der Waals surface area contributed by atoms with Crippen molar-refractivity contribution >= 4 is 27.4 Å². The molecule has 2 aliphatic rings. The molecule has 0 saturated carbocycles. The number of carboxylic acid groups (broad SMARTS) is 1. The minimum atomic E-state index is -3.20. The maximum Gasteiger partial charge on any atom is 0.309 e. The fraction of sp³-hybridized carbons (Fsp3) is 0.412. The molecular formula is C34H39FN2O8S. The van der Waals surface area contributed by atoms with Crippen molar-refractivity contribution in [2.75, 3.05) is 43.8 Å². The van der Waals surface area contributed by atoms with Crippen LogP contribution >= 0.6 is 0 Å². The van der Waals surface area contributed by atoms with Crippen molar-refractivity contribution in [3.63, 3.8) is 0 Å². The normalized spacial score (nSPS) is 19.3. The van der Waals surface area contributed by atoms with Crippen molar-refractivity contribution in [3.05, 3.63) is 82.2 Å². The number of hydrogen-bond donors (Lipinski definition) is 2. The highest BCUT2D eigenvalue weighted by atomic mass is 32.2. The number of nitrogens with zero attached hydrogens (tertiary/aromatic N) is 1. The monoisotopic (exact) mass is 654 g/mol. The second-order valence-corrected chi connectivity index (χ2v) is 14.0. The van der Waals surface area contributed by atoms with Gasteiger partial charge < -0.3 is 24.6 Å². The summed E-state index contributed by atoms with van der Waals surface area (Å²) in [5.41, 5.74) is 4.21. The Kier molecular flexibility index (Phi) is 9.88. The number of carbonyl (C=O) groups is 2. The first-order chi connectivity index (χ1) is 21.9. The summed E-state index contributed by atoms with van der Waals surface area (Å²) in [5.74, 6) is -1.63. The minimum Gasteiger partial charge on any atom is -0.493 e. The van der Waals surface area contributed by atoms with Crippen LogP contribution in [0.5, 0.6) is 17.2 Å². The van der Waals surface area contributed by atoms with Gasteiger partial charge in [0, 0.05) is 30.4 Å². The molecule has 3 aromatic rings. The molecule has 1 fully saturated rings. The van der Waals surface area contributed by atoms with Crippen molar-refractivity contribution in [3.8, 4) is 17.2 Å². The molecule has 1 amide bonds. The number of carboxylic acids is 1. The molecule has 1 unspecified atom stereocenters. The van der Waals surface area contributed by atoms with Crippen LogP contribution in [0.3, 0.4) is 0 Å². The quantitative estimate of drug-likeness (QED) is 0.280. The second kappa shape index (κ2) is 13.7. The predicted octanol–water partition coefficient (Wildman–Crippen LogP) is 4.89. The molecular weight excluding hydrogens is 615 g/mol. The maximum absolute atomic E-state index is 14.2. The molecule has 0 spiro atoms. The highest BCUT2D eigenvalue weighted by Gasteiger charge is 2.48. The number of aliphatic carboxylic acids is 1. The number of halogens is 1. The van der Waals surface area contributed by atoms with Gasteiger partial charge in [-0.3, -0.25) is 14.5 Å². The third-order valence-corrected chi connectivity index (χ3v) is 9.60. The van der Waals surface area contributed by atoms with E-state index < -0.39 is 33.7 Å². The first-order valence-electron chi connectivity index (χ1n) is 15.3. The molecule has 0 aliphatic carbocycles. The Morgan fingerprint density at radius 2 is 1.74 bits per heavy atom. The van der Waals surface area contributed by atoms with Gasteiger partial charge in [-0.05, 0) is 77.9 Å². The fourth-order valence-corrected chi connectivity index (χ4v) is 6.90. The summed E-state index contributed by atoms with van der Waals surface area (Å²) in [7, 11) is -3.20. The lowest BCUT2D eigenvalue weighted by Crippen LogP contribution is -2.35. The van der Waals surface area contributed by atoms with Gasteiger partial charge in [-0.1, -0.05) is 32.0 Å². The highest BCUT2D eigenvalue weighted by molar-refractivity contribution is 7.90. The summed E-state index contributed by atoms with van der Waals surface area (Å²) in [6.07, 6.45) is 2.19. The van der Waals surface area contributed by atoms with Crippen LogP contribution < -0.4 is 19.5 Å². The zero-order valence-corrected chi connectivity index (χ0v) is 27.2. The van der Waals surface area contributed by atoms with Gasteiger partial charge >= 0.3 is 5.97 Å². The average Bonchev–Trinajstić information content (AvgIpc) is 3.63. The van der Waals surface area contributed by atoms with Gasteiger partial charge in [-0.25, -0.2) is 12.8 Å². The van der Waals surface area contributed by atoms with Gasteiger partial charge in [0.25, 0.3) is 0 Å². The first kappa shape index (κ1) is 33.2. The minimum absolute atomic E-state index is 0.0139. The van der Waals surface area contributed by atoms with Crippen LogP contribution in [0.4, 0.5) is 10.1 Å². The van der Waals surface area contributed by atoms with Crippen LogP contribution in [-0.2, 0) is 32.3 Å². The Hall–Kier alpha value is -4.16. The summed E-state index contributed by atoms with van der Waals surface area (Å²) >= 11 is 0. The van der Waals surface area contributed by atoms with Crippen molar-refractivity contribution < 1.29 is 41.7 Å². The van der Waals surface area contributed by atoms with Gasteiger partial charge in [0.2, 0.25) is 12.7 Å². The summed E-state index contributed by atoms with van der Waals surface area (Å²) in [6.45, 7) is 5.90. The van der Waals surface area contributed by atoms with Gasteiger partial charge in [-0.15, -0.1) is 0 Å². The summed E-state index contributed by atoms with van der Waals surface area (Å²) in [6, 6.07) is 12.7. The van der Waals surface area contributed by atoms with Gasteiger partial charge in [-0.2, -0.15) is 0 Å². The molecule has 0 radical (unpaired) electrons. The van der Waals surface area contributed by atoms with E-state index in [1.54, 1.807) is 30.3 Å². The molecule has 3 atom stereocenters. The van der Waals surface area contributed by atoms with E-state index in [0.29, 0.717) is 52.5 Å². The molecule has 246 valence electrons. The van der Waals surface area contributed by atoms with E-state index in [9.17, 15) is 27.5 Å². The topological polar surface area (TPSA) is 131 Å².